The number of hydrogen-bond acceptors (Lipinski definition) is 6. The van der Waals surface area contributed by atoms with Gasteiger partial charge in [0.1, 0.15) is 6.07 Å². The minimum atomic E-state index is -0.440. The third-order valence-corrected chi connectivity index (χ3v) is 7.83. The summed E-state index contributed by atoms with van der Waals surface area (Å²) in [5.41, 5.74) is 3.74. The van der Waals surface area contributed by atoms with Gasteiger partial charge in [-0.1, -0.05) is 51.1 Å². The Labute approximate surface area is 218 Å². The molecule has 1 aromatic heterocycles. The zero-order chi connectivity index (χ0) is 26.1. The van der Waals surface area contributed by atoms with E-state index >= 15 is 0 Å². The zero-order valence-electron chi connectivity index (χ0n) is 21.8. The van der Waals surface area contributed by atoms with Crippen LogP contribution >= 0.6 is 11.3 Å². The summed E-state index contributed by atoms with van der Waals surface area (Å²) in [5.74, 6) is -0.0118. The van der Waals surface area contributed by atoms with Crippen molar-refractivity contribution in [3.63, 3.8) is 0 Å². The SMILES string of the molecule is CCN(CC)c1ccc(N=C(C#N)c2nc(-c3ccccc3)cs2)c(NC(=O)C(CC)(CC)CC)c1. The van der Waals surface area contributed by atoms with Crippen LogP contribution < -0.4 is 10.2 Å². The first-order valence-electron chi connectivity index (χ1n) is 12.7. The summed E-state index contributed by atoms with van der Waals surface area (Å²) in [4.78, 5) is 25.0. The number of anilines is 2. The summed E-state index contributed by atoms with van der Waals surface area (Å²) >= 11 is 1.39. The normalized spacial score (nSPS) is 11.7. The Morgan fingerprint density at radius 2 is 1.72 bits per heavy atom. The van der Waals surface area contributed by atoms with E-state index in [1.807, 2.05) is 53.9 Å². The topological polar surface area (TPSA) is 81.4 Å². The second-order valence-electron chi connectivity index (χ2n) is 8.64. The summed E-state index contributed by atoms with van der Waals surface area (Å²) in [7, 11) is 0. The Morgan fingerprint density at radius 3 is 2.31 bits per heavy atom. The number of nitrogens with one attached hydrogen (secondary N) is 1. The summed E-state index contributed by atoms with van der Waals surface area (Å²) in [5, 5.41) is 15.6. The van der Waals surface area contributed by atoms with Crippen LogP contribution in [0.2, 0.25) is 0 Å². The van der Waals surface area contributed by atoms with E-state index in [0.717, 1.165) is 49.3 Å². The van der Waals surface area contributed by atoms with Crippen LogP contribution in [0.3, 0.4) is 0 Å². The van der Waals surface area contributed by atoms with Gasteiger partial charge in [0.15, 0.2) is 10.7 Å². The molecule has 0 aliphatic rings. The maximum atomic E-state index is 13.4. The third-order valence-electron chi connectivity index (χ3n) is 6.98. The lowest BCUT2D eigenvalue weighted by molar-refractivity contribution is -0.126. The first-order valence-corrected chi connectivity index (χ1v) is 13.5. The van der Waals surface area contributed by atoms with Gasteiger partial charge in [0.2, 0.25) is 5.91 Å². The van der Waals surface area contributed by atoms with Crippen LogP contribution in [-0.4, -0.2) is 29.7 Å². The number of nitrogens with zero attached hydrogens (tertiary/aromatic N) is 4. The molecule has 0 bridgehead atoms. The quantitative estimate of drug-likeness (QED) is 0.277. The molecule has 3 aromatic rings. The van der Waals surface area contributed by atoms with E-state index in [1.165, 1.54) is 11.3 Å². The molecular weight excluding hydrogens is 466 g/mol. The van der Waals surface area contributed by atoms with Crippen LogP contribution in [0.5, 0.6) is 0 Å². The van der Waals surface area contributed by atoms with E-state index in [1.54, 1.807) is 0 Å². The molecule has 7 heteroatoms. The Hall–Kier alpha value is -3.50. The number of amides is 1. The number of carbonyl (C=O) groups excluding carboxylic acids is 1. The van der Waals surface area contributed by atoms with Gasteiger partial charge in [0, 0.05) is 35.1 Å². The lowest BCUT2D eigenvalue weighted by Crippen LogP contribution is -2.34. The molecule has 1 N–H and O–H groups in total. The molecule has 0 saturated heterocycles. The molecule has 0 atom stereocenters. The maximum Gasteiger partial charge on any atom is 0.230 e. The average molecular weight is 502 g/mol. The number of carbonyl (C=O) groups is 1. The summed E-state index contributed by atoms with van der Waals surface area (Å²) in [6.07, 6.45) is 2.26. The zero-order valence-corrected chi connectivity index (χ0v) is 22.7. The lowest BCUT2D eigenvalue weighted by atomic mass is 9.79. The van der Waals surface area contributed by atoms with Crippen molar-refractivity contribution >= 4 is 40.0 Å². The molecule has 0 aliphatic heterocycles. The molecule has 3 rings (SSSR count). The molecule has 1 amide bonds. The Morgan fingerprint density at radius 1 is 1.06 bits per heavy atom. The van der Waals surface area contributed by atoms with Crippen LogP contribution in [-0.2, 0) is 4.79 Å². The fourth-order valence-electron chi connectivity index (χ4n) is 4.36. The van der Waals surface area contributed by atoms with Crippen LogP contribution in [0, 0.1) is 16.7 Å². The standard InChI is InChI=1S/C29H35N5OS/c1-6-29(7-2,8-3)28(35)33-24-18-22(34(9-4)10-5)16-17-23(24)31-25(19-30)27-32-26(20-36-27)21-14-12-11-13-15-21/h11-18,20H,6-10H2,1-5H3,(H,33,35). The van der Waals surface area contributed by atoms with Crippen molar-refractivity contribution in [1.29, 1.82) is 5.26 Å². The molecule has 1 heterocycles. The highest BCUT2D eigenvalue weighted by molar-refractivity contribution is 7.12. The number of nitriles is 1. The Bertz CT molecular complexity index is 1230. The summed E-state index contributed by atoms with van der Waals surface area (Å²) < 4.78 is 0. The number of thiazole rings is 1. The maximum absolute atomic E-state index is 13.4. The second-order valence-corrected chi connectivity index (χ2v) is 9.50. The Kier molecular flexibility index (Phi) is 9.38. The van der Waals surface area contributed by atoms with Crippen LogP contribution in [0.1, 0.15) is 58.9 Å². The predicted octanol–water partition coefficient (Wildman–Crippen LogP) is 7.46. The van der Waals surface area contributed by atoms with Crippen molar-refractivity contribution in [3.8, 4) is 17.3 Å². The highest BCUT2D eigenvalue weighted by atomic mass is 32.1. The fraction of sp³-hybridized carbons (Fsp3) is 0.379. The summed E-state index contributed by atoms with van der Waals surface area (Å²) in [6.45, 7) is 12.1. The van der Waals surface area contributed by atoms with Gasteiger partial charge in [-0.05, 0) is 51.3 Å². The first-order chi connectivity index (χ1) is 17.4. The molecule has 0 aliphatic carbocycles. The molecule has 0 radical (unpaired) electrons. The van der Waals surface area contributed by atoms with Crippen molar-refractivity contribution in [2.45, 2.75) is 53.9 Å². The van der Waals surface area contributed by atoms with Crippen LogP contribution in [0.25, 0.3) is 11.3 Å². The third kappa shape index (κ3) is 5.83. The monoisotopic (exact) mass is 501 g/mol. The molecule has 188 valence electrons. The van der Waals surface area contributed by atoms with Gasteiger partial charge >= 0.3 is 0 Å². The minimum absolute atomic E-state index is 0.0118. The van der Waals surface area contributed by atoms with Crippen molar-refractivity contribution in [2.24, 2.45) is 10.4 Å². The molecular formula is C29H35N5OS. The molecule has 0 saturated carbocycles. The number of hydrogen-bond donors (Lipinski definition) is 1. The van der Waals surface area contributed by atoms with E-state index in [-0.39, 0.29) is 11.6 Å². The van der Waals surface area contributed by atoms with Crippen molar-refractivity contribution < 1.29 is 4.79 Å². The van der Waals surface area contributed by atoms with Crippen LogP contribution in [0.15, 0.2) is 58.9 Å². The molecule has 6 nitrogen and oxygen atoms in total. The van der Waals surface area contributed by atoms with E-state index in [0.29, 0.717) is 16.4 Å². The van der Waals surface area contributed by atoms with Gasteiger partial charge in [-0.15, -0.1) is 11.3 Å². The smallest absolute Gasteiger partial charge is 0.230 e. The highest BCUT2D eigenvalue weighted by Crippen LogP contribution is 2.36. The number of aliphatic imine (C=N–C) groups is 1. The highest BCUT2D eigenvalue weighted by Gasteiger charge is 2.33. The molecule has 0 fully saturated rings. The van der Waals surface area contributed by atoms with Gasteiger partial charge in [0.05, 0.1) is 17.1 Å². The summed E-state index contributed by atoms with van der Waals surface area (Å²) in [6, 6.07) is 17.9. The number of rotatable bonds is 11. The lowest BCUT2D eigenvalue weighted by Gasteiger charge is -2.29. The van der Waals surface area contributed by atoms with Gasteiger partial charge in [0.25, 0.3) is 0 Å². The van der Waals surface area contributed by atoms with Gasteiger partial charge in [-0.2, -0.15) is 5.26 Å². The van der Waals surface area contributed by atoms with Crippen molar-refractivity contribution in [1.82, 2.24) is 4.98 Å². The van der Waals surface area contributed by atoms with E-state index in [4.69, 9.17) is 0 Å². The van der Waals surface area contributed by atoms with Gasteiger partial charge in [-0.3, -0.25) is 4.79 Å². The fourth-order valence-corrected chi connectivity index (χ4v) is 5.12. The van der Waals surface area contributed by atoms with Crippen molar-refractivity contribution in [2.75, 3.05) is 23.3 Å². The second kappa shape index (κ2) is 12.5. The molecule has 0 spiro atoms. The van der Waals surface area contributed by atoms with Crippen molar-refractivity contribution in [3.05, 3.63) is 58.9 Å². The Balaban J connectivity index is 2.05. The van der Waals surface area contributed by atoms with E-state index < -0.39 is 5.41 Å². The molecule has 0 unspecified atom stereocenters. The minimum Gasteiger partial charge on any atom is -0.372 e. The predicted molar refractivity (Wildman–Crippen MR) is 151 cm³/mol. The van der Waals surface area contributed by atoms with E-state index in [2.05, 4.69) is 60.9 Å². The van der Waals surface area contributed by atoms with Crippen LogP contribution in [0.4, 0.5) is 17.1 Å². The molecule has 2 aromatic carbocycles. The number of aromatic nitrogens is 1. The number of benzene rings is 2. The largest absolute Gasteiger partial charge is 0.372 e. The van der Waals surface area contributed by atoms with Gasteiger partial charge in [-0.25, -0.2) is 9.98 Å². The average Bonchev–Trinajstić information content (AvgIpc) is 3.41. The van der Waals surface area contributed by atoms with E-state index in [9.17, 15) is 10.1 Å². The first kappa shape index (κ1) is 27.1. The van der Waals surface area contributed by atoms with Gasteiger partial charge < -0.3 is 10.2 Å². The molecule has 36 heavy (non-hydrogen) atoms.